The van der Waals surface area contributed by atoms with Crippen LogP contribution in [0.2, 0.25) is 0 Å². The van der Waals surface area contributed by atoms with E-state index in [0.717, 1.165) is 52.7 Å². The molecule has 3 rings (SSSR count). The van der Waals surface area contributed by atoms with E-state index >= 15 is 0 Å². The quantitative estimate of drug-likeness (QED) is 0.109. The molecular weight excluding hydrogens is 538 g/mol. The third kappa shape index (κ3) is 12.6. The molecule has 0 atom stereocenters. The van der Waals surface area contributed by atoms with Gasteiger partial charge >= 0.3 is 0 Å². The van der Waals surface area contributed by atoms with E-state index in [4.69, 9.17) is 23.5 Å². The van der Waals surface area contributed by atoms with E-state index in [1.165, 1.54) is 64.2 Å². The maximum absolute atomic E-state index is 5.98. The molecule has 0 saturated heterocycles. The number of nitrogens with zero attached hydrogens (tertiary/aromatic N) is 1. The Morgan fingerprint density at radius 3 is 1.56 bits per heavy atom. The molecule has 1 heterocycles. The minimum atomic E-state index is 0.665. The number of benzene rings is 2. The van der Waals surface area contributed by atoms with Crippen LogP contribution < -0.4 is 18.9 Å². The Hall–Kier alpha value is -3.67. The second kappa shape index (κ2) is 20.3. The van der Waals surface area contributed by atoms with Crippen LogP contribution in [-0.2, 0) is 0 Å². The lowest BCUT2D eigenvalue weighted by molar-refractivity contribution is 0.284. The highest BCUT2D eigenvalue weighted by atomic mass is 16.5. The number of aromatic nitrogens is 1. The van der Waals surface area contributed by atoms with Gasteiger partial charge in [0.25, 0.3) is 0 Å². The van der Waals surface area contributed by atoms with Crippen LogP contribution in [0.1, 0.15) is 113 Å². The molecule has 0 radical (unpaired) electrons. The summed E-state index contributed by atoms with van der Waals surface area (Å²) >= 11 is 0. The van der Waals surface area contributed by atoms with Gasteiger partial charge in [0.15, 0.2) is 28.8 Å². The van der Waals surface area contributed by atoms with E-state index in [1.54, 1.807) is 14.2 Å². The van der Waals surface area contributed by atoms with Gasteiger partial charge in [-0.2, -0.15) is 0 Å². The molecule has 0 aliphatic carbocycles. The minimum absolute atomic E-state index is 0.665. The van der Waals surface area contributed by atoms with E-state index in [9.17, 15) is 0 Å². The van der Waals surface area contributed by atoms with Crippen LogP contribution in [-0.4, -0.2) is 32.6 Å². The van der Waals surface area contributed by atoms with Crippen molar-refractivity contribution in [3.05, 3.63) is 65.0 Å². The zero-order valence-electron chi connectivity index (χ0n) is 26.7. The highest BCUT2D eigenvalue weighted by Gasteiger charge is 2.07. The van der Waals surface area contributed by atoms with Crippen molar-refractivity contribution in [2.45, 2.75) is 90.9 Å². The van der Waals surface area contributed by atoms with Crippen molar-refractivity contribution >= 4 is 24.3 Å². The van der Waals surface area contributed by atoms with Gasteiger partial charge in [0.2, 0.25) is 0 Å². The van der Waals surface area contributed by atoms with Crippen molar-refractivity contribution in [3.8, 4) is 23.0 Å². The molecule has 0 saturated carbocycles. The fourth-order valence-electron chi connectivity index (χ4n) is 4.76. The summed E-state index contributed by atoms with van der Waals surface area (Å²) in [6.45, 7) is 5.89. The maximum Gasteiger partial charge on any atom is 0.161 e. The van der Waals surface area contributed by atoms with Crippen molar-refractivity contribution in [1.29, 1.82) is 0 Å². The van der Waals surface area contributed by atoms with Crippen LogP contribution in [0.3, 0.4) is 0 Å². The Bertz CT molecular complexity index is 1150. The molecule has 0 unspecified atom stereocenters. The average Bonchev–Trinajstić information content (AvgIpc) is 3.50. The third-order valence-electron chi connectivity index (χ3n) is 7.32. The molecule has 0 aliphatic rings. The largest absolute Gasteiger partial charge is 0.493 e. The lowest BCUT2D eigenvalue weighted by atomic mass is 10.1. The van der Waals surface area contributed by atoms with E-state index in [-0.39, 0.29) is 0 Å². The second-order valence-electron chi connectivity index (χ2n) is 10.9. The van der Waals surface area contributed by atoms with E-state index in [2.05, 4.69) is 19.0 Å². The monoisotopic (exact) mass is 589 g/mol. The smallest absolute Gasteiger partial charge is 0.161 e. The average molecular weight is 590 g/mol. The van der Waals surface area contributed by atoms with Gasteiger partial charge in [0.1, 0.15) is 5.69 Å². The van der Waals surface area contributed by atoms with Crippen molar-refractivity contribution in [3.63, 3.8) is 0 Å². The summed E-state index contributed by atoms with van der Waals surface area (Å²) in [4.78, 5) is 0. The van der Waals surface area contributed by atoms with Crippen molar-refractivity contribution in [2.75, 3.05) is 27.4 Å². The molecule has 6 nitrogen and oxygen atoms in total. The summed E-state index contributed by atoms with van der Waals surface area (Å²) in [6.07, 6.45) is 22.6. The molecule has 0 amide bonds. The van der Waals surface area contributed by atoms with Crippen LogP contribution in [0.15, 0.2) is 47.0 Å². The molecule has 1 aromatic heterocycles. The maximum atomic E-state index is 5.98. The van der Waals surface area contributed by atoms with Gasteiger partial charge in [0, 0.05) is 6.07 Å². The number of hydrogen-bond acceptors (Lipinski definition) is 6. The van der Waals surface area contributed by atoms with Crippen molar-refractivity contribution in [2.24, 2.45) is 0 Å². The van der Waals surface area contributed by atoms with Crippen LogP contribution >= 0.6 is 0 Å². The Morgan fingerprint density at radius 2 is 1.05 bits per heavy atom. The fourth-order valence-corrected chi connectivity index (χ4v) is 4.76. The molecule has 2 aromatic carbocycles. The zero-order valence-corrected chi connectivity index (χ0v) is 26.7. The molecular formula is C37H51NO5. The standard InChI is InChI=1S/C37H51NO5/c1-5-7-9-11-13-15-25-41-34-23-19-30(27-36(34)39-3)17-21-32-29-33(43-38-32)22-18-31-20-24-35(37(28-31)40-4)42-26-16-14-12-10-8-6-2/h17-24,27-29H,5-16,25-26H2,1-4H3/b21-17+,22-18+. The first-order valence-electron chi connectivity index (χ1n) is 16.1. The van der Waals surface area contributed by atoms with Gasteiger partial charge < -0.3 is 23.5 Å². The lowest BCUT2D eigenvalue weighted by Gasteiger charge is -2.11. The first-order valence-corrected chi connectivity index (χ1v) is 16.1. The number of unbranched alkanes of at least 4 members (excludes halogenated alkanes) is 10. The summed E-state index contributed by atoms with van der Waals surface area (Å²) < 4.78 is 28.6. The SMILES string of the molecule is CCCCCCCCOc1ccc(/C=C/c2cc(/C=C/c3ccc(OCCCCCCCC)c(OC)c3)on2)cc1OC. The van der Waals surface area contributed by atoms with Crippen LogP contribution in [0.5, 0.6) is 23.0 Å². The van der Waals surface area contributed by atoms with Crippen LogP contribution in [0.4, 0.5) is 0 Å². The zero-order chi connectivity index (χ0) is 30.5. The fraction of sp³-hybridized carbons (Fsp3) is 0.486. The predicted octanol–water partition coefficient (Wildman–Crippen LogP) is 10.5. The molecule has 0 N–H and O–H groups in total. The van der Waals surface area contributed by atoms with Crippen molar-refractivity contribution < 1.29 is 23.5 Å². The number of rotatable bonds is 22. The van der Waals surface area contributed by atoms with E-state index < -0.39 is 0 Å². The molecule has 6 heteroatoms. The Morgan fingerprint density at radius 1 is 0.558 bits per heavy atom. The Kier molecular flexibility index (Phi) is 15.9. The number of hydrogen-bond donors (Lipinski definition) is 0. The van der Waals surface area contributed by atoms with Crippen molar-refractivity contribution in [1.82, 2.24) is 5.16 Å². The van der Waals surface area contributed by atoms with E-state index in [1.807, 2.05) is 66.8 Å². The molecule has 0 aliphatic heterocycles. The van der Waals surface area contributed by atoms with E-state index in [0.29, 0.717) is 19.0 Å². The van der Waals surface area contributed by atoms with Gasteiger partial charge in [-0.1, -0.05) is 107 Å². The molecule has 0 spiro atoms. The summed E-state index contributed by atoms with van der Waals surface area (Å²) in [5.41, 5.74) is 2.72. The molecule has 0 fully saturated rings. The first-order chi connectivity index (χ1) is 21.2. The predicted molar refractivity (Wildman–Crippen MR) is 178 cm³/mol. The van der Waals surface area contributed by atoms with Gasteiger partial charge in [-0.15, -0.1) is 0 Å². The Balaban J connectivity index is 1.49. The molecule has 43 heavy (non-hydrogen) atoms. The molecule has 3 aromatic rings. The highest BCUT2D eigenvalue weighted by molar-refractivity contribution is 5.72. The highest BCUT2D eigenvalue weighted by Crippen LogP contribution is 2.30. The molecule has 234 valence electrons. The summed E-state index contributed by atoms with van der Waals surface area (Å²) in [6, 6.07) is 13.8. The van der Waals surface area contributed by atoms with Gasteiger partial charge in [-0.25, -0.2) is 0 Å². The van der Waals surface area contributed by atoms with Crippen LogP contribution in [0, 0.1) is 0 Å². The summed E-state index contributed by atoms with van der Waals surface area (Å²) in [5.74, 6) is 3.67. The van der Waals surface area contributed by atoms with Crippen LogP contribution in [0.25, 0.3) is 24.3 Å². The first kappa shape index (κ1) is 33.8. The lowest BCUT2D eigenvalue weighted by Crippen LogP contribution is -1.99. The minimum Gasteiger partial charge on any atom is -0.493 e. The third-order valence-corrected chi connectivity index (χ3v) is 7.32. The Labute approximate surface area is 259 Å². The second-order valence-corrected chi connectivity index (χ2v) is 10.9. The topological polar surface area (TPSA) is 63.0 Å². The van der Waals surface area contributed by atoms with Gasteiger partial charge in [0.05, 0.1) is 27.4 Å². The van der Waals surface area contributed by atoms with Gasteiger partial charge in [-0.05, 0) is 60.4 Å². The normalized spacial score (nSPS) is 11.4. The number of ether oxygens (including phenoxy) is 4. The molecule has 0 bridgehead atoms. The summed E-state index contributed by atoms with van der Waals surface area (Å²) in [7, 11) is 3.34. The number of methoxy groups -OCH3 is 2. The van der Waals surface area contributed by atoms with Gasteiger partial charge in [-0.3, -0.25) is 0 Å². The summed E-state index contributed by atoms with van der Waals surface area (Å²) in [5, 5.41) is 4.18.